The number of carbonyl (C=O) groups is 1. The Kier molecular flexibility index (Phi) is 5.41. The second-order valence-corrected chi connectivity index (χ2v) is 6.44. The van der Waals surface area contributed by atoms with Crippen LogP contribution < -0.4 is 0 Å². The van der Waals surface area contributed by atoms with E-state index >= 15 is 0 Å². The molecule has 19 heavy (non-hydrogen) atoms. The van der Waals surface area contributed by atoms with Gasteiger partial charge in [-0.25, -0.2) is 4.39 Å². The Morgan fingerprint density at radius 2 is 1.68 bits per heavy atom. The number of hydrogen-bond acceptors (Lipinski definition) is 4. The van der Waals surface area contributed by atoms with Crippen molar-refractivity contribution < 1.29 is 22.8 Å². The van der Waals surface area contributed by atoms with Crippen LogP contribution in [0.15, 0.2) is 24.3 Å². The molecule has 0 aliphatic heterocycles. The molecule has 0 saturated heterocycles. The average Bonchev–Trinajstić information content (AvgIpc) is 2.25. The zero-order valence-corrected chi connectivity index (χ0v) is 12.3. The lowest BCUT2D eigenvalue weighted by Crippen LogP contribution is -2.14. The number of halogens is 1. The quantitative estimate of drug-likeness (QED) is 0.742. The molecule has 0 aromatic heterocycles. The van der Waals surface area contributed by atoms with Crippen LogP contribution in [0.3, 0.4) is 0 Å². The Morgan fingerprint density at radius 1 is 1.16 bits per heavy atom. The molecule has 0 spiro atoms. The standard InChI is InChI=1S/C13H18FO4P/c1-9(2)17-19(16,18-10(3)4)13(15)11-6-5-7-12(14)8-11/h5-10H,1-4H3. The summed E-state index contributed by atoms with van der Waals surface area (Å²) in [5.41, 5.74) is -0.848. The molecule has 1 aromatic rings. The van der Waals surface area contributed by atoms with Crippen molar-refractivity contribution >= 4 is 13.1 Å². The van der Waals surface area contributed by atoms with Crippen molar-refractivity contribution in [2.45, 2.75) is 39.9 Å². The minimum atomic E-state index is -3.97. The molecule has 0 bridgehead atoms. The topological polar surface area (TPSA) is 52.6 Å². The molecule has 1 aromatic carbocycles. The molecule has 0 unspecified atom stereocenters. The Labute approximate surface area is 112 Å². The van der Waals surface area contributed by atoms with Gasteiger partial charge in [-0.2, -0.15) is 0 Å². The van der Waals surface area contributed by atoms with Gasteiger partial charge in [0.15, 0.2) is 0 Å². The van der Waals surface area contributed by atoms with E-state index < -0.39 is 31.1 Å². The molecule has 0 heterocycles. The maximum Gasteiger partial charge on any atom is 0.402 e. The SMILES string of the molecule is CC(C)OP(=O)(OC(C)C)C(=O)c1cccc(F)c1. The largest absolute Gasteiger partial charge is 0.402 e. The van der Waals surface area contributed by atoms with E-state index in [1.165, 1.54) is 18.2 Å². The van der Waals surface area contributed by atoms with Gasteiger partial charge < -0.3 is 9.05 Å². The molecule has 106 valence electrons. The lowest BCUT2D eigenvalue weighted by molar-refractivity contribution is 0.0924. The maximum absolute atomic E-state index is 13.1. The van der Waals surface area contributed by atoms with Crippen molar-refractivity contribution in [1.29, 1.82) is 0 Å². The first-order valence-corrected chi connectivity index (χ1v) is 7.56. The summed E-state index contributed by atoms with van der Waals surface area (Å²) < 4.78 is 36.0. The molecule has 0 fully saturated rings. The fourth-order valence-electron chi connectivity index (χ4n) is 1.46. The Hall–Kier alpha value is -1.03. The summed E-state index contributed by atoms with van der Waals surface area (Å²) in [6.07, 6.45) is -0.885. The average molecular weight is 288 g/mol. The molecule has 6 heteroatoms. The molecular formula is C13H18FO4P. The fraction of sp³-hybridized carbons (Fsp3) is 0.462. The third-order valence-electron chi connectivity index (χ3n) is 2.02. The van der Waals surface area contributed by atoms with Crippen LogP contribution in [0.2, 0.25) is 0 Å². The van der Waals surface area contributed by atoms with E-state index in [-0.39, 0.29) is 5.56 Å². The molecule has 1 rings (SSSR count). The first-order valence-electron chi connectivity index (χ1n) is 6.02. The van der Waals surface area contributed by atoms with E-state index in [1.54, 1.807) is 27.7 Å². The van der Waals surface area contributed by atoms with Crippen molar-refractivity contribution in [2.75, 3.05) is 0 Å². The number of benzene rings is 1. The van der Waals surface area contributed by atoms with Crippen molar-refractivity contribution in [3.05, 3.63) is 35.6 Å². The van der Waals surface area contributed by atoms with Gasteiger partial charge in [0.25, 0.3) is 5.52 Å². The first kappa shape index (κ1) is 16.0. The summed E-state index contributed by atoms with van der Waals surface area (Å²) in [6.45, 7) is 6.59. The second kappa shape index (κ2) is 6.42. The summed E-state index contributed by atoms with van der Waals surface area (Å²) in [5, 5.41) is 0. The van der Waals surface area contributed by atoms with Gasteiger partial charge >= 0.3 is 7.60 Å². The number of rotatable bonds is 6. The number of hydrogen-bond donors (Lipinski definition) is 0. The van der Waals surface area contributed by atoms with Crippen LogP contribution in [0.5, 0.6) is 0 Å². The predicted molar refractivity (Wildman–Crippen MR) is 70.8 cm³/mol. The van der Waals surface area contributed by atoms with Crippen LogP contribution in [-0.2, 0) is 13.6 Å². The van der Waals surface area contributed by atoms with Crippen molar-refractivity contribution in [3.8, 4) is 0 Å². The Morgan fingerprint density at radius 3 is 2.11 bits per heavy atom. The normalized spacial score (nSPS) is 12.2. The van der Waals surface area contributed by atoms with E-state index in [4.69, 9.17) is 9.05 Å². The minimum Gasteiger partial charge on any atom is -0.300 e. The highest BCUT2D eigenvalue weighted by molar-refractivity contribution is 7.72. The molecule has 0 amide bonds. The van der Waals surface area contributed by atoms with Crippen LogP contribution in [0, 0.1) is 5.82 Å². The van der Waals surface area contributed by atoms with Crippen molar-refractivity contribution in [1.82, 2.24) is 0 Å². The molecule has 0 aliphatic rings. The van der Waals surface area contributed by atoms with Gasteiger partial charge in [0, 0.05) is 5.56 Å². The molecular weight excluding hydrogens is 270 g/mol. The second-order valence-electron chi connectivity index (χ2n) is 4.62. The lowest BCUT2D eigenvalue weighted by atomic mass is 10.2. The summed E-state index contributed by atoms with van der Waals surface area (Å²) in [5.74, 6) is -0.577. The lowest BCUT2D eigenvalue weighted by Gasteiger charge is -2.21. The molecule has 0 radical (unpaired) electrons. The Bertz CT molecular complexity index is 485. The maximum atomic E-state index is 13.1. The fourth-order valence-corrected chi connectivity index (χ4v) is 3.26. The van der Waals surface area contributed by atoms with E-state index in [0.717, 1.165) is 6.07 Å². The summed E-state index contributed by atoms with van der Waals surface area (Å²) >= 11 is 0. The first-order chi connectivity index (χ1) is 8.74. The smallest absolute Gasteiger partial charge is 0.300 e. The van der Waals surface area contributed by atoms with Gasteiger partial charge in [0.05, 0.1) is 12.2 Å². The van der Waals surface area contributed by atoms with Crippen LogP contribution >= 0.6 is 7.60 Å². The van der Waals surface area contributed by atoms with Gasteiger partial charge in [-0.1, -0.05) is 12.1 Å². The summed E-state index contributed by atoms with van der Waals surface area (Å²) in [7, 11) is -3.97. The van der Waals surface area contributed by atoms with Gasteiger partial charge in [-0.15, -0.1) is 0 Å². The van der Waals surface area contributed by atoms with Crippen LogP contribution in [0.25, 0.3) is 0 Å². The molecule has 0 atom stereocenters. The van der Waals surface area contributed by atoms with E-state index in [1.807, 2.05) is 0 Å². The van der Waals surface area contributed by atoms with E-state index in [0.29, 0.717) is 0 Å². The minimum absolute atomic E-state index is 0.0235. The summed E-state index contributed by atoms with van der Waals surface area (Å²) in [6, 6.07) is 4.97. The van der Waals surface area contributed by atoms with Crippen LogP contribution in [0.4, 0.5) is 4.39 Å². The summed E-state index contributed by atoms with van der Waals surface area (Å²) in [4.78, 5) is 12.2. The third-order valence-corrected chi connectivity index (χ3v) is 4.17. The highest BCUT2D eigenvalue weighted by atomic mass is 31.2. The third kappa shape index (κ3) is 4.53. The van der Waals surface area contributed by atoms with Gasteiger partial charge in [-0.3, -0.25) is 9.36 Å². The zero-order chi connectivity index (χ0) is 14.6. The predicted octanol–water partition coefficient (Wildman–Crippen LogP) is 4.01. The Balaban J connectivity index is 3.11. The van der Waals surface area contributed by atoms with Gasteiger partial charge in [0.1, 0.15) is 5.82 Å². The van der Waals surface area contributed by atoms with Crippen LogP contribution in [0.1, 0.15) is 38.1 Å². The van der Waals surface area contributed by atoms with Crippen LogP contribution in [-0.4, -0.2) is 17.7 Å². The van der Waals surface area contributed by atoms with Crippen molar-refractivity contribution in [2.24, 2.45) is 0 Å². The highest BCUT2D eigenvalue weighted by Crippen LogP contribution is 2.53. The molecule has 0 saturated carbocycles. The molecule has 4 nitrogen and oxygen atoms in total. The zero-order valence-electron chi connectivity index (χ0n) is 11.4. The van der Waals surface area contributed by atoms with Gasteiger partial charge in [-0.05, 0) is 39.8 Å². The molecule has 0 N–H and O–H groups in total. The highest BCUT2D eigenvalue weighted by Gasteiger charge is 2.38. The monoisotopic (exact) mass is 288 g/mol. The van der Waals surface area contributed by atoms with E-state index in [2.05, 4.69) is 0 Å². The van der Waals surface area contributed by atoms with Gasteiger partial charge in [0.2, 0.25) is 0 Å². The van der Waals surface area contributed by atoms with E-state index in [9.17, 15) is 13.8 Å². The molecule has 0 aliphatic carbocycles. The van der Waals surface area contributed by atoms with Crippen molar-refractivity contribution in [3.63, 3.8) is 0 Å². The number of carbonyl (C=O) groups excluding carboxylic acids is 1.